The van der Waals surface area contributed by atoms with Crippen LogP contribution in [0.2, 0.25) is 0 Å². The lowest BCUT2D eigenvalue weighted by molar-refractivity contribution is 0.00578. The van der Waals surface area contributed by atoms with Crippen LogP contribution in [-0.4, -0.2) is 51.4 Å². The normalized spacial score (nSPS) is 20.4. The highest BCUT2D eigenvalue weighted by Crippen LogP contribution is 2.36. The summed E-state index contributed by atoms with van der Waals surface area (Å²) in [6, 6.07) is 13.8. The second-order valence-electron chi connectivity index (χ2n) is 12.1. The maximum atomic E-state index is 12.7. The van der Waals surface area contributed by atoms with Crippen LogP contribution < -0.4 is 5.46 Å². The summed E-state index contributed by atoms with van der Waals surface area (Å²) in [5.74, 6) is 7.29. The SMILES string of the molecule is CC(C)(C)OC(=O)N1CCCC1c1nc2ccc(C#Cc3ccc(B4OC(C)(C)C(C)(C)O4)cc3)cc2[nH]1. The number of carbonyl (C=O) groups excluding carboxylic acids is 1. The first kappa shape index (κ1) is 26.3. The van der Waals surface area contributed by atoms with Gasteiger partial charge in [-0.15, -0.1) is 0 Å². The highest BCUT2D eigenvalue weighted by Gasteiger charge is 2.51. The number of fused-ring (bicyclic) bond motifs is 1. The van der Waals surface area contributed by atoms with Crippen molar-refractivity contribution in [3.63, 3.8) is 0 Å². The lowest BCUT2D eigenvalue weighted by atomic mass is 9.79. The van der Waals surface area contributed by atoms with Crippen molar-refractivity contribution < 1.29 is 18.8 Å². The Bertz CT molecular complexity index is 1390. The molecule has 2 aromatic carbocycles. The van der Waals surface area contributed by atoms with Crippen LogP contribution in [-0.2, 0) is 14.0 Å². The van der Waals surface area contributed by atoms with Crippen molar-refractivity contribution in [3.8, 4) is 11.8 Å². The number of aromatic nitrogens is 2. The lowest BCUT2D eigenvalue weighted by Crippen LogP contribution is -2.41. The number of hydrogen-bond acceptors (Lipinski definition) is 5. The fourth-order valence-corrected chi connectivity index (χ4v) is 4.70. The van der Waals surface area contributed by atoms with E-state index in [9.17, 15) is 4.79 Å². The number of benzene rings is 2. The molecule has 2 aliphatic rings. The molecule has 3 heterocycles. The molecular weight excluding hydrogens is 477 g/mol. The van der Waals surface area contributed by atoms with Gasteiger partial charge in [-0.2, -0.15) is 0 Å². The number of amides is 1. The van der Waals surface area contributed by atoms with Gasteiger partial charge in [-0.05, 0) is 97.1 Å². The highest BCUT2D eigenvalue weighted by molar-refractivity contribution is 6.62. The number of carbonyl (C=O) groups is 1. The number of rotatable bonds is 2. The van der Waals surface area contributed by atoms with Crippen LogP contribution >= 0.6 is 0 Å². The van der Waals surface area contributed by atoms with Gasteiger partial charge in [0.15, 0.2) is 0 Å². The van der Waals surface area contributed by atoms with E-state index in [1.165, 1.54) is 0 Å². The van der Waals surface area contributed by atoms with E-state index in [0.29, 0.717) is 6.54 Å². The number of nitrogens with zero attached hydrogens (tertiary/aromatic N) is 2. The Morgan fingerprint density at radius 3 is 2.34 bits per heavy atom. The van der Waals surface area contributed by atoms with E-state index < -0.39 is 5.60 Å². The first-order valence-corrected chi connectivity index (χ1v) is 13.3. The molecule has 0 spiro atoms. The summed E-state index contributed by atoms with van der Waals surface area (Å²) < 4.78 is 17.9. The van der Waals surface area contributed by atoms with Crippen molar-refractivity contribution in [1.29, 1.82) is 0 Å². The minimum Gasteiger partial charge on any atom is -0.444 e. The third kappa shape index (κ3) is 5.31. The zero-order valence-corrected chi connectivity index (χ0v) is 23.3. The molecule has 1 atom stereocenters. The zero-order chi connectivity index (χ0) is 27.3. The van der Waals surface area contributed by atoms with Crippen molar-refractivity contribution in [2.45, 2.75) is 84.2 Å². The van der Waals surface area contributed by atoms with Crippen LogP contribution in [0.1, 0.15) is 84.3 Å². The number of H-pyrrole nitrogens is 1. The fraction of sp³-hybridized carbons (Fsp3) is 0.467. The Morgan fingerprint density at radius 1 is 1.05 bits per heavy atom. The van der Waals surface area contributed by atoms with E-state index in [2.05, 4.69) is 44.5 Å². The van der Waals surface area contributed by atoms with Crippen molar-refractivity contribution in [1.82, 2.24) is 14.9 Å². The molecule has 38 heavy (non-hydrogen) atoms. The maximum Gasteiger partial charge on any atom is 0.494 e. The second-order valence-corrected chi connectivity index (χ2v) is 12.1. The predicted octanol–water partition coefficient (Wildman–Crippen LogP) is 5.33. The lowest BCUT2D eigenvalue weighted by Gasteiger charge is -2.32. The van der Waals surface area contributed by atoms with Crippen molar-refractivity contribution in [3.05, 3.63) is 59.4 Å². The molecule has 7 nitrogen and oxygen atoms in total. The van der Waals surface area contributed by atoms with Gasteiger partial charge >= 0.3 is 13.2 Å². The molecule has 0 aliphatic carbocycles. The summed E-state index contributed by atoms with van der Waals surface area (Å²) in [4.78, 5) is 22.7. The predicted molar refractivity (Wildman–Crippen MR) is 149 cm³/mol. The van der Waals surface area contributed by atoms with Crippen LogP contribution in [0.15, 0.2) is 42.5 Å². The van der Waals surface area contributed by atoms with Crippen molar-refractivity contribution in [2.75, 3.05) is 6.54 Å². The fourth-order valence-electron chi connectivity index (χ4n) is 4.70. The Labute approximate surface area is 225 Å². The largest absolute Gasteiger partial charge is 0.494 e. The Kier molecular flexibility index (Phi) is 6.57. The average Bonchev–Trinajstić information content (AvgIpc) is 3.52. The molecule has 1 N–H and O–H groups in total. The summed E-state index contributed by atoms with van der Waals surface area (Å²) in [6.45, 7) is 14.5. The smallest absolute Gasteiger partial charge is 0.444 e. The molecule has 0 radical (unpaired) electrons. The minimum absolute atomic E-state index is 0.116. The summed E-state index contributed by atoms with van der Waals surface area (Å²) in [5, 5.41) is 0. The molecule has 1 amide bonds. The van der Waals surface area contributed by atoms with Gasteiger partial charge in [0.2, 0.25) is 0 Å². The zero-order valence-electron chi connectivity index (χ0n) is 23.3. The van der Waals surface area contributed by atoms with Gasteiger partial charge in [0.05, 0.1) is 28.3 Å². The van der Waals surface area contributed by atoms with Gasteiger partial charge in [-0.25, -0.2) is 9.78 Å². The van der Waals surface area contributed by atoms with E-state index >= 15 is 0 Å². The standard InChI is InChI=1S/C30H36BN3O4/c1-28(2,3)36-27(35)34-18-8-9-25(34)26-32-23-17-14-21(19-24(23)33-26)11-10-20-12-15-22(16-13-20)31-37-29(4,5)30(6,7)38-31/h12-17,19,25H,8-9,18H2,1-7H3,(H,32,33). The van der Waals surface area contributed by atoms with Crippen molar-refractivity contribution >= 4 is 29.7 Å². The third-order valence-corrected chi connectivity index (χ3v) is 7.48. The molecule has 2 aliphatic heterocycles. The van der Waals surface area contributed by atoms with Crippen LogP contribution in [0.5, 0.6) is 0 Å². The highest BCUT2D eigenvalue weighted by atomic mass is 16.7. The molecule has 3 aromatic rings. The first-order valence-electron chi connectivity index (χ1n) is 13.3. The average molecular weight is 513 g/mol. The minimum atomic E-state index is -0.530. The number of aromatic amines is 1. The number of ether oxygens (including phenoxy) is 1. The van der Waals surface area contributed by atoms with Crippen LogP contribution in [0.4, 0.5) is 4.79 Å². The van der Waals surface area contributed by atoms with Gasteiger partial charge < -0.3 is 19.0 Å². The third-order valence-electron chi connectivity index (χ3n) is 7.48. The molecule has 2 fully saturated rings. The van der Waals surface area contributed by atoms with Crippen LogP contribution in [0, 0.1) is 11.8 Å². The van der Waals surface area contributed by atoms with E-state index in [1.807, 2.05) is 63.2 Å². The van der Waals surface area contributed by atoms with Gasteiger partial charge in [0.25, 0.3) is 0 Å². The summed E-state index contributed by atoms with van der Waals surface area (Å²) in [7, 11) is -0.384. The topological polar surface area (TPSA) is 76.7 Å². The van der Waals surface area contributed by atoms with Crippen molar-refractivity contribution in [2.24, 2.45) is 0 Å². The Balaban J connectivity index is 1.30. The number of hydrogen-bond donors (Lipinski definition) is 1. The molecule has 198 valence electrons. The van der Waals surface area contributed by atoms with Gasteiger partial charge in [0.1, 0.15) is 11.4 Å². The van der Waals surface area contributed by atoms with Crippen LogP contribution in [0.3, 0.4) is 0 Å². The molecule has 1 aromatic heterocycles. The molecule has 1 unspecified atom stereocenters. The summed E-state index contributed by atoms with van der Waals surface area (Å²) >= 11 is 0. The van der Waals surface area contributed by atoms with E-state index in [0.717, 1.165) is 46.3 Å². The van der Waals surface area contributed by atoms with Crippen LogP contribution in [0.25, 0.3) is 11.0 Å². The number of likely N-dealkylation sites (tertiary alicyclic amines) is 1. The molecule has 0 saturated carbocycles. The quantitative estimate of drug-likeness (QED) is 0.370. The summed E-state index contributed by atoms with van der Waals surface area (Å²) in [5.41, 5.74) is 3.27. The summed E-state index contributed by atoms with van der Waals surface area (Å²) in [6.07, 6.45) is 1.48. The number of nitrogens with one attached hydrogen (secondary N) is 1. The molecule has 0 bridgehead atoms. The van der Waals surface area contributed by atoms with E-state index in [4.69, 9.17) is 19.0 Å². The Morgan fingerprint density at radius 2 is 1.68 bits per heavy atom. The number of imidazole rings is 1. The second kappa shape index (κ2) is 9.48. The first-order chi connectivity index (χ1) is 17.8. The van der Waals surface area contributed by atoms with Gasteiger partial charge in [0, 0.05) is 17.7 Å². The Hall–Kier alpha value is -3.28. The molecule has 2 saturated heterocycles. The van der Waals surface area contributed by atoms with E-state index in [1.54, 1.807) is 4.90 Å². The molecule has 5 rings (SSSR count). The molecular formula is C30H36BN3O4. The maximum absolute atomic E-state index is 12.7. The van der Waals surface area contributed by atoms with E-state index in [-0.39, 0.29) is 30.5 Å². The monoisotopic (exact) mass is 513 g/mol. The molecule has 8 heteroatoms. The van der Waals surface area contributed by atoms with Gasteiger partial charge in [-0.3, -0.25) is 4.90 Å². The van der Waals surface area contributed by atoms with Gasteiger partial charge in [-0.1, -0.05) is 24.0 Å².